The van der Waals surface area contributed by atoms with Gasteiger partial charge in [0.25, 0.3) is 0 Å². The van der Waals surface area contributed by atoms with Gasteiger partial charge in [0.1, 0.15) is 0 Å². The summed E-state index contributed by atoms with van der Waals surface area (Å²) in [6, 6.07) is 21.5. The van der Waals surface area contributed by atoms with E-state index in [1.54, 1.807) is 55.6 Å². The van der Waals surface area contributed by atoms with Crippen LogP contribution in [0.15, 0.2) is 48.5 Å². The third kappa shape index (κ3) is 2.76. The van der Waals surface area contributed by atoms with Gasteiger partial charge < -0.3 is 5.32 Å². The second kappa shape index (κ2) is 6.97. The third-order valence-corrected chi connectivity index (χ3v) is 3.88. The number of rotatable bonds is 4. The van der Waals surface area contributed by atoms with Crippen molar-refractivity contribution in [1.82, 2.24) is 0 Å². The predicted molar refractivity (Wildman–Crippen MR) is 88.4 cm³/mol. The molecule has 114 valence electrons. The number of nitrogens with zero attached hydrogens (tertiary/aromatic N) is 4. The highest BCUT2D eigenvalue weighted by molar-refractivity contribution is 5.56. The lowest BCUT2D eigenvalue weighted by Gasteiger charge is -2.20. The minimum Gasteiger partial charge on any atom is -0.388 e. The molecule has 24 heavy (non-hydrogen) atoms. The van der Waals surface area contributed by atoms with Crippen LogP contribution in [0.3, 0.4) is 0 Å². The number of nitriles is 4. The van der Waals surface area contributed by atoms with E-state index in [2.05, 4.69) is 17.5 Å². The molecule has 0 heterocycles. The Morgan fingerprint density at radius 3 is 1.62 bits per heavy atom. The van der Waals surface area contributed by atoms with Gasteiger partial charge in [0, 0.05) is 12.7 Å². The molecule has 0 saturated heterocycles. The van der Waals surface area contributed by atoms with Crippen LogP contribution < -0.4 is 5.32 Å². The Balaban J connectivity index is 2.52. The van der Waals surface area contributed by atoms with Crippen LogP contribution in [0.5, 0.6) is 0 Å². The van der Waals surface area contributed by atoms with Gasteiger partial charge in [-0.1, -0.05) is 36.4 Å². The Bertz CT molecular complexity index is 856. The van der Waals surface area contributed by atoms with Crippen molar-refractivity contribution < 1.29 is 0 Å². The first-order chi connectivity index (χ1) is 11.6. The van der Waals surface area contributed by atoms with Gasteiger partial charge in [0.05, 0.1) is 24.3 Å². The molecule has 0 bridgehead atoms. The van der Waals surface area contributed by atoms with Crippen molar-refractivity contribution in [2.75, 3.05) is 12.4 Å². The molecule has 2 rings (SSSR count). The summed E-state index contributed by atoms with van der Waals surface area (Å²) in [6.07, 6.45) is 0. The SMILES string of the molecule is CNc1ccc(C(C#N)(C#N)c2ccc(C(C#N)C#N)cc2)cc1. The number of hydrogen-bond donors (Lipinski definition) is 1. The van der Waals surface area contributed by atoms with Crippen molar-refractivity contribution in [3.8, 4) is 24.3 Å². The standard InChI is InChI=1S/C19H13N5/c1-24-18-8-6-17(7-9-18)19(12-22,13-23)16-4-2-14(3-5-16)15(10-20)11-21/h2-9,15,24H,1H3. The molecule has 0 radical (unpaired) electrons. The summed E-state index contributed by atoms with van der Waals surface area (Å²) in [4.78, 5) is 0. The molecule has 0 amide bonds. The van der Waals surface area contributed by atoms with Crippen LogP contribution in [0.25, 0.3) is 0 Å². The van der Waals surface area contributed by atoms with Crippen molar-refractivity contribution in [3.05, 3.63) is 65.2 Å². The van der Waals surface area contributed by atoms with Crippen LogP contribution in [-0.2, 0) is 5.41 Å². The lowest BCUT2D eigenvalue weighted by Crippen LogP contribution is -2.23. The summed E-state index contributed by atoms with van der Waals surface area (Å²) in [5, 5.41) is 40.3. The summed E-state index contributed by atoms with van der Waals surface area (Å²) in [5.41, 5.74) is 1.04. The summed E-state index contributed by atoms with van der Waals surface area (Å²) in [6.45, 7) is 0. The Labute approximate surface area is 140 Å². The average molecular weight is 311 g/mol. The second-order valence-electron chi connectivity index (χ2n) is 5.11. The highest BCUT2D eigenvalue weighted by atomic mass is 14.8. The summed E-state index contributed by atoms with van der Waals surface area (Å²) >= 11 is 0. The van der Waals surface area contributed by atoms with Crippen molar-refractivity contribution in [1.29, 1.82) is 21.0 Å². The maximum absolute atomic E-state index is 9.69. The van der Waals surface area contributed by atoms with E-state index in [4.69, 9.17) is 10.5 Å². The fourth-order valence-electron chi connectivity index (χ4n) is 2.44. The second-order valence-corrected chi connectivity index (χ2v) is 5.11. The number of anilines is 1. The van der Waals surface area contributed by atoms with Gasteiger partial charge in [0.2, 0.25) is 0 Å². The van der Waals surface area contributed by atoms with Crippen LogP contribution in [0.4, 0.5) is 5.69 Å². The molecule has 0 aliphatic rings. The highest BCUT2D eigenvalue weighted by Gasteiger charge is 2.35. The van der Waals surface area contributed by atoms with E-state index in [9.17, 15) is 10.5 Å². The van der Waals surface area contributed by atoms with E-state index in [0.717, 1.165) is 5.69 Å². The van der Waals surface area contributed by atoms with Gasteiger partial charge >= 0.3 is 0 Å². The fourth-order valence-corrected chi connectivity index (χ4v) is 2.44. The quantitative estimate of drug-likeness (QED) is 0.933. The molecule has 0 atom stereocenters. The zero-order valence-corrected chi connectivity index (χ0v) is 13.0. The molecular weight excluding hydrogens is 298 g/mol. The maximum Gasteiger partial charge on any atom is 0.193 e. The minimum atomic E-state index is -1.44. The number of nitrogens with one attached hydrogen (secondary N) is 1. The first-order valence-corrected chi connectivity index (χ1v) is 7.15. The molecule has 0 aliphatic heterocycles. The van der Waals surface area contributed by atoms with Gasteiger partial charge in [-0.25, -0.2) is 0 Å². The summed E-state index contributed by atoms with van der Waals surface area (Å²) < 4.78 is 0. The lowest BCUT2D eigenvalue weighted by molar-refractivity contribution is 0.847. The van der Waals surface area contributed by atoms with Crippen LogP contribution in [0.1, 0.15) is 22.6 Å². The first kappa shape index (κ1) is 16.6. The van der Waals surface area contributed by atoms with E-state index in [0.29, 0.717) is 16.7 Å². The topological polar surface area (TPSA) is 107 Å². The third-order valence-electron chi connectivity index (χ3n) is 3.88. The molecule has 0 aromatic heterocycles. The van der Waals surface area contributed by atoms with Gasteiger partial charge in [-0.2, -0.15) is 21.0 Å². The van der Waals surface area contributed by atoms with E-state index < -0.39 is 11.3 Å². The van der Waals surface area contributed by atoms with Crippen molar-refractivity contribution in [2.45, 2.75) is 11.3 Å². The van der Waals surface area contributed by atoms with Crippen LogP contribution in [0, 0.1) is 45.3 Å². The molecular formula is C19H13N5. The van der Waals surface area contributed by atoms with Crippen molar-refractivity contribution in [3.63, 3.8) is 0 Å². The normalized spacial score (nSPS) is 10.1. The zero-order valence-electron chi connectivity index (χ0n) is 13.0. The van der Waals surface area contributed by atoms with Gasteiger partial charge in [-0.05, 0) is 28.8 Å². The van der Waals surface area contributed by atoms with Gasteiger partial charge in [-0.15, -0.1) is 0 Å². The van der Waals surface area contributed by atoms with Crippen LogP contribution >= 0.6 is 0 Å². The van der Waals surface area contributed by atoms with Gasteiger partial charge in [-0.3, -0.25) is 0 Å². The van der Waals surface area contributed by atoms with Crippen LogP contribution in [-0.4, -0.2) is 7.05 Å². The molecule has 2 aromatic rings. The number of benzene rings is 2. The zero-order chi connectivity index (χ0) is 17.6. The molecule has 5 nitrogen and oxygen atoms in total. The highest BCUT2D eigenvalue weighted by Crippen LogP contribution is 2.32. The van der Waals surface area contributed by atoms with Crippen molar-refractivity contribution >= 4 is 5.69 Å². The Kier molecular flexibility index (Phi) is 4.81. The van der Waals surface area contributed by atoms with Gasteiger partial charge in [0.15, 0.2) is 11.3 Å². The molecule has 0 fully saturated rings. The molecule has 5 heteroatoms. The number of hydrogen-bond acceptors (Lipinski definition) is 5. The summed E-state index contributed by atoms with van der Waals surface area (Å²) in [5.74, 6) is -0.868. The fraction of sp³-hybridized carbons (Fsp3) is 0.158. The molecule has 0 saturated carbocycles. The lowest BCUT2D eigenvalue weighted by atomic mass is 9.76. The summed E-state index contributed by atoms with van der Waals surface area (Å²) in [7, 11) is 1.79. The molecule has 0 aliphatic carbocycles. The van der Waals surface area contributed by atoms with E-state index in [-0.39, 0.29) is 0 Å². The Morgan fingerprint density at radius 1 is 0.792 bits per heavy atom. The smallest absolute Gasteiger partial charge is 0.193 e. The monoisotopic (exact) mass is 311 g/mol. The van der Waals surface area contributed by atoms with E-state index >= 15 is 0 Å². The predicted octanol–water partition coefficient (Wildman–Crippen LogP) is 3.19. The van der Waals surface area contributed by atoms with E-state index in [1.807, 2.05) is 12.1 Å². The Morgan fingerprint density at radius 2 is 1.25 bits per heavy atom. The molecule has 2 aromatic carbocycles. The first-order valence-electron chi connectivity index (χ1n) is 7.15. The molecule has 0 unspecified atom stereocenters. The minimum absolute atomic E-state index is 0.503. The van der Waals surface area contributed by atoms with Crippen molar-refractivity contribution in [2.24, 2.45) is 0 Å². The molecule has 1 N–H and O–H groups in total. The largest absolute Gasteiger partial charge is 0.388 e. The van der Waals surface area contributed by atoms with E-state index in [1.165, 1.54) is 0 Å². The Hall–Kier alpha value is -3.80. The maximum atomic E-state index is 9.69. The molecule has 0 spiro atoms. The average Bonchev–Trinajstić information content (AvgIpc) is 2.66. The van der Waals surface area contributed by atoms with Crippen LogP contribution in [0.2, 0.25) is 0 Å².